The molecule has 0 radical (unpaired) electrons. The number of rotatable bonds is 7. The molecule has 0 aliphatic heterocycles. The van der Waals surface area contributed by atoms with E-state index in [0.29, 0.717) is 27.8 Å². The smallest absolute Gasteiger partial charge is 0.324 e. The van der Waals surface area contributed by atoms with Crippen molar-refractivity contribution >= 4 is 44.8 Å². The van der Waals surface area contributed by atoms with Crippen LogP contribution in [0.3, 0.4) is 0 Å². The van der Waals surface area contributed by atoms with Crippen molar-refractivity contribution in [3.63, 3.8) is 0 Å². The molecule has 1 amide bonds. The van der Waals surface area contributed by atoms with Gasteiger partial charge in [0.2, 0.25) is 15.9 Å². The molecule has 0 aliphatic carbocycles. The average molecular weight is 559 g/mol. The van der Waals surface area contributed by atoms with E-state index in [9.17, 15) is 26.4 Å². The van der Waals surface area contributed by atoms with Crippen LogP contribution in [0.4, 0.5) is 18.9 Å². The van der Waals surface area contributed by atoms with Gasteiger partial charge in [0.05, 0.1) is 22.7 Å². The van der Waals surface area contributed by atoms with E-state index in [-0.39, 0.29) is 16.5 Å². The minimum Gasteiger partial charge on any atom is -0.324 e. The molecule has 0 unspecified atom stereocenters. The van der Waals surface area contributed by atoms with Crippen LogP contribution < -0.4 is 5.32 Å². The minimum atomic E-state index is -4.78. The molecule has 0 saturated heterocycles. The molecule has 5 nitrogen and oxygen atoms in total. The number of aryl methyl sites for hydroxylation is 3. The van der Waals surface area contributed by atoms with Crippen molar-refractivity contribution in [2.75, 3.05) is 11.9 Å². The number of sulfonamides is 1. The first-order valence-electron chi connectivity index (χ1n) is 10.7. The third-order valence-corrected chi connectivity index (χ3v) is 7.94. The van der Waals surface area contributed by atoms with Crippen LogP contribution in [0.25, 0.3) is 0 Å². The minimum absolute atomic E-state index is 0.0392. The Hall–Kier alpha value is -2.59. The van der Waals surface area contributed by atoms with E-state index in [4.69, 9.17) is 23.2 Å². The second-order valence-corrected chi connectivity index (χ2v) is 11.1. The highest BCUT2D eigenvalue weighted by Gasteiger charge is 2.35. The zero-order valence-corrected chi connectivity index (χ0v) is 21.9. The summed E-state index contributed by atoms with van der Waals surface area (Å²) in [4.78, 5) is 12.9. The molecule has 3 aromatic rings. The Kier molecular flexibility index (Phi) is 8.40. The van der Waals surface area contributed by atoms with E-state index >= 15 is 0 Å². The molecular formula is C25H23Cl2F3N2O3S. The number of carbonyl (C=O) groups is 1. The Labute approximate surface area is 217 Å². The number of amides is 1. The maximum absolute atomic E-state index is 13.7. The number of nitrogens with one attached hydrogen (secondary N) is 1. The first-order chi connectivity index (χ1) is 16.7. The lowest BCUT2D eigenvalue weighted by molar-refractivity contribution is -0.137. The molecule has 1 N–H and O–H groups in total. The third kappa shape index (κ3) is 6.59. The van der Waals surface area contributed by atoms with Crippen LogP contribution in [-0.4, -0.2) is 25.2 Å². The number of alkyl halides is 3. The quantitative estimate of drug-likeness (QED) is 0.348. The van der Waals surface area contributed by atoms with E-state index in [2.05, 4.69) is 5.32 Å². The van der Waals surface area contributed by atoms with Crippen molar-refractivity contribution in [2.24, 2.45) is 0 Å². The maximum Gasteiger partial charge on any atom is 0.418 e. The highest BCUT2D eigenvalue weighted by Crippen LogP contribution is 2.36. The van der Waals surface area contributed by atoms with Crippen molar-refractivity contribution in [2.45, 2.75) is 38.4 Å². The summed E-state index contributed by atoms with van der Waals surface area (Å²) in [5.41, 5.74) is 0.732. The zero-order valence-electron chi connectivity index (χ0n) is 19.6. The number of benzene rings is 3. The van der Waals surface area contributed by atoms with Gasteiger partial charge in [-0.3, -0.25) is 4.79 Å². The normalized spacial score (nSPS) is 12.1. The molecule has 36 heavy (non-hydrogen) atoms. The van der Waals surface area contributed by atoms with Gasteiger partial charge in [-0.2, -0.15) is 17.5 Å². The molecule has 192 valence electrons. The summed E-state index contributed by atoms with van der Waals surface area (Å²) in [5.74, 6) is -0.942. The summed E-state index contributed by atoms with van der Waals surface area (Å²) < 4.78 is 68.8. The van der Waals surface area contributed by atoms with Crippen LogP contribution in [0.5, 0.6) is 0 Å². The van der Waals surface area contributed by atoms with Gasteiger partial charge in [-0.25, -0.2) is 8.42 Å². The summed E-state index contributed by atoms with van der Waals surface area (Å²) in [7, 11) is -4.22. The molecule has 11 heteroatoms. The van der Waals surface area contributed by atoms with Crippen LogP contribution >= 0.6 is 23.2 Å². The van der Waals surface area contributed by atoms with Crippen molar-refractivity contribution in [1.82, 2.24) is 4.31 Å². The molecule has 0 aromatic heterocycles. The second kappa shape index (κ2) is 10.8. The summed E-state index contributed by atoms with van der Waals surface area (Å²) in [6, 6.07) is 12.7. The maximum atomic E-state index is 13.7. The van der Waals surface area contributed by atoms with Crippen molar-refractivity contribution in [3.8, 4) is 0 Å². The monoisotopic (exact) mass is 558 g/mol. The van der Waals surface area contributed by atoms with Crippen LogP contribution in [0.1, 0.15) is 27.8 Å². The van der Waals surface area contributed by atoms with Gasteiger partial charge in [-0.1, -0.05) is 53.0 Å². The third-order valence-electron chi connectivity index (χ3n) is 5.36. The Morgan fingerprint density at radius 3 is 2.03 bits per heavy atom. The largest absolute Gasteiger partial charge is 0.418 e. The van der Waals surface area contributed by atoms with Gasteiger partial charge < -0.3 is 5.32 Å². The number of anilines is 1. The van der Waals surface area contributed by atoms with Gasteiger partial charge >= 0.3 is 6.18 Å². The Balaban J connectivity index is 2.00. The van der Waals surface area contributed by atoms with Gasteiger partial charge in [0.1, 0.15) is 0 Å². The fourth-order valence-electron chi connectivity index (χ4n) is 3.93. The first kappa shape index (κ1) is 28.0. The molecule has 0 fully saturated rings. The number of carbonyl (C=O) groups excluding carboxylic acids is 1. The van der Waals surface area contributed by atoms with Gasteiger partial charge in [-0.05, 0) is 67.8 Å². The lowest BCUT2D eigenvalue weighted by atomic mass is 10.1. The van der Waals surface area contributed by atoms with E-state index in [1.807, 2.05) is 6.92 Å². The topological polar surface area (TPSA) is 66.5 Å². The average Bonchev–Trinajstić information content (AvgIpc) is 2.74. The SMILES string of the molecule is Cc1cc(C)c(S(=O)(=O)N(CC(=O)Nc2ccc(Cl)cc2C(F)(F)F)Cc2ccc(Cl)cc2)c(C)c1. The van der Waals surface area contributed by atoms with Crippen LogP contribution in [-0.2, 0) is 27.5 Å². The Morgan fingerprint density at radius 2 is 1.47 bits per heavy atom. The van der Waals surface area contributed by atoms with E-state index in [0.717, 1.165) is 15.9 Å². The van der Waals surface area contributed by atoms with E-state index < -0.39 is 39.9 Å². The van der Waals surface area contributed by atoms with E-state index in [1.165, 1.54) is 6.07 Å². The van der Waals surface area contributed by atoms with Gasteiger partial charge in [0.25, 0.3) is 0 Å². The lowest BCUT2D eigenvalue weighted by Gasteiger charge is -2.24. The molecule has 0 aliphatic rings. The number of hydrogen-bond acceptors (Lipinski definition) is 3. The van der Waals surface area contributed by atoms with Crippen LogP contribution in [0.15, 0.2) is 59.5 Å². The second-order valence-electron chi connectivity index (χ2n) is 8.36. The van der Waals surface area contributed by atoms with Crippen molar-refractivity contribution < 1.29 is 26.4 Å². The number of halogens is 5. The lowest BCUT2D eigenvalue weighted by Crippen LogP contribution is -2.38. The number of hydrogen-bond donors (Lipinski definition) is 1. The summed E-state index contributed by atoms with van der Waals surface area (Å²) in [6.07, 6.45) is -4.78. The van der Waals surface area contributed by atoms with Gasteiger partial charge in [-0.15, -0.1) is 0 Å². The van der Waals surface area contributed by atoms with E-state index in [1.54, 1.807) is 50.2 Å². The zero-order chi connectivity index (χ0) is 26.8. The molecule has 3 rings (SSSR count). The number of nitrogens with zero attached hydrogens (tertiary/aromatic N) is 1. The van der Waals surface area contributed by atoms with Crippen molar-refractivity contribution in [1.29, 1.82) is 0 Å². The summed E-state index contributed by atoms with van der Waals surface area (Å²) in [6.45, 7) is 4.21. The molecule has 0 bridgehead atoms. The standard InChI is InChI=1S/C25H23Cl2F3N2O3S/c1-15-10-16(2)24(17(3)11-15)36(34,35)32(13-18-4-6-19(26)7-5-18)14-23(33)31-22-9-8-20(27)12-21(22)25(28,29)30/h4-12H,13-14H2,1-3H3,(H,31,33). The molecule has 0 atom stereocenters. The fraction of sp³-hybridized carbons (Fsp3) is 0.240. The summed E-state index contributed by atoms with van der Waals surface area (Å²) >= 11 is 11.6. The molecule has 0 saturated carbocycles. The molecule has 0 heterocycles. The first-order valence-corrected chi connectivity index (χ1v) is 12.9. The predicted molar refractivity (Wildman–Crippen MR) is 135 cm³/mol. The Morgan fingerprint density at radius 1 is 0.917 bits per heavy atom. The van der Waals surface area contributed by atoms with Gasteiger partial charge in [0, 0.05) is 16.6 Å². The molecule has 0 spiro atoms. The molecule has 3 aromatic carbocycles. The highest BCUT2D eigenvalue weighted by molar-refractivity contribution is 7.89. The van der Waals surface area contributed by atoms with Crippen molar-refractivity contribution in [3.05, 3.63) is 92.5 Å². The molecular weight excluding hydrogens is 536 g/mol. The summed E-state index contributed by atoms with van der Waals surface area (Å²) in [5, 5.41) is 2.47. The Bertz CT molecular complexity index is 1370. The van der Waals surface area contributed by atoms with Crippen LogP contribution in [0.2, 0.25) is 10.0 Å². The predicted octanol–water partition coefficient (Wildman–Crippen LogP) is 6.77. The fourth-order valence-corrected chi connectivity index (χ4v) is 6.03. The highest BCUT2D eigenvalue weighted by atomic mass is 35.5. The van der Waals surface area contributed by atoms with Crippen LogP contribution in [0, 0.1) is 20.8 Å². The van der Waals surface area contributed by atoms with Gasteiger partial charge in [0.15, 0.2) is 0 Å².